The van der Waals surface area contributed by atoms with Crippen LogP contribution in [0.5, 0.6) is 0 Å². The van der Waals surface area contributed by atoms with Crippen molar-refractivity contribution < 1.29 is 9.21 Å². The van der Waals surface area contributed by atoms with Gasteiger partial charge in [0.1, 0.15) is 11.9 Å². The average molecular weight is 480 g/mol. The predicted molar refractivity (Wildman–Crippen MR) is 123 cm³/mol. The molecule has 0 unspecified atom stereocenters. The summed E-state index contributed by atoms with van der Waals surface area (Å²) in [5, 5.41) is 20.0. The SMILES string of the molecule is N#Cc1cc2c(Br)c(NC3CCC(Nc4ccc5c(c4)NC(=O)CC5)CC3)ncc2o1. The molecule has 0 saturated heterocycles. The van der Waals surface area contributed by atoms with Gasteiger partial charge in [-0.25, -0.2) is 4.98 Å². The van der Waals surface area contributed by atoms with E-state index in [4.69, 9.17) is 9.68 Å². The maximum Gasteiger partial charge on any atom is 0.224 e. The Bertz CT molecular complexity index is 1190. The van der Waals surface area contributed by atoms with Gasteiger partial charge in [-0.15, -0.1) is 0 Å². The zero-order valence-corrected chi connectivity index (χ0v) is 18.5. The van der Waals surface area contributed by atoms with Crippen LogP contribution in [0.1, 0.15) is 43.4 Å². The minimum absolute atomic E-state index is 0.0912. The number of nitrogens with zero attached hydrogens (tertiary/aromatic N) is 2. The van der Waals surface area contributed by atoms with Crippen molar-refractivity contribution in [3.05, 3.63) is 46.3 Å². The number of carbonyl (C=O) groups excluding carboxylic acids is 1. The van der Waals surface area contributed by atoms with Gasteiger partial charge in [0.2, 0.25) is 11.7 Å². The molecule has 3 N–H and O–H groups in total. The third kappa shape index (κ3) is 4.10. The molecule has 3 heterocycles. The molecule has 1 fully saturated rings. The number of hydrogen-bond acceptors (Lipinski definition) is 6. The number of pyridine rings is 1. The average Bonchev–Trinajstić information content (AvgIpc) is 3.21. The summed E-state index contributed by atoms with van der Waals surface area (Å²) in [5.41, 5.74) is 3.79. The van der Waals surface area contributed by atoms with Crippen LogP contribution in [-0.2, 0) is 11.2 Å². The van der Waals surface area contributed by atoms with E-state index in [9.17, 15) is 4.79 Å². The molecular weight excluding hydrogens is 458 g/mol. The van der Waals surface area contributed by atoms with Crippen LogP contribution in [0.15, 0.2) is 39.4 Å². The number of halogens is 1. The second-order valence-corrected chi connectivity index (χ2v) is 8.97. The molecule has 0 radical (unpaired) electrons. The van der Waals surface area contributed by atoms with Crippen molar-refractivity contribution in [2.24, 2.45) is 0 Å². The third-order valence-corrected chi connectivity index (χ3v) is 6.87. The van der Waals surface area contributed by atoms with Crippen molar-refractivity contribution in [3.8, 4) is 6.07 Å². The number of amides is 1. The van der Waals surface area contributed by atoms with E-state index in [1.165, 1.54) is 5.56 Å². The molecule has 1 saturated carbocycles. The number of benzene rings is 1. The number of nitrogens with one attached hydrogen (secondary N) is 3. The number of furan rings is 1. The Morgan fingerprint density at radius 2 is 1.90 bits per heavy atom. The van der Waals surface area contributed by atoms with Crippen LogP contribution >= 0.6 is 15.9 Å². The highest BCUT2D eigenvalue weighted by atomic mass is 79.9. The number of fused-ring (bicyclic) bond motifs is 2. The van der Waals surface area contributed by atoms with E-state index in [1.54, 1.807) is 12.3 Å². The standard InChI is InChI=1S/C23H22BrN5O2/c24-22-18-10-17(11-25)31-20(18)12-26-23(22)28-15-6-4-14(5-7-15)27-16-3-1-13-2-8-21(30)29-19(13)9-16/h1,3,9-10,12,14-15,27H,2,4-8H2,(H,26,28)(H,29,30). The summed E-state index contributed by atoms with van der Waals surface area (Å²) in [6.45, 7) is 0. The molecule has 3 aromatic rings. The lowest BCUT2D eigenvalue weighted by Crippen LogP contribution is -2.32. The second kappa shape index (κ2) is 8.23. The molecule has 1 amide bonds. The predicted octanol–water partition coefficient (Wildman–Crippen LogP) is 5.18. The highest BCUT2D eigenvalue weighted by Crippen LogP contribution is 2.34. The van der Waals surface area contributed by atoms with Crippen LogP contribution in [0.2, 0.25) is 0 Å². The van der Waals surface area contributed by atoms with E-state index >= 15 is 0 Å². The second-order valence-electron chi connectivity index (χ2n) is 8.18. The summed E-state index contributed by atoms with van der Waals surface area (Å²) in [4.78, 5) is 16.1. The number of aryl methyl sites for hydroxylation is 1. The van der Waals surface area contributed by atoms with E-state index in [0.717, 1.165) is 59.2 Å². The molecule has 7 nitrogen and oxygen atoms in total. The first-order chi connectivity index (χ1) is 15.1. The van der Waals surface area contributed by atoms with Crippen LogP contribution in [0.3, 0.4) is 0 Å². The molecule has 5 rings (SSSR count). The Balaban J connectivity index is 1.20. The van der Waals surface area contributed by atoms with Crippen LogP contribution < -0.4 is 16.0 Å². The van der Waals surface area contributed by atoms with Crippen molar-refractivity contribution in [1.82, 2.24) is 4.98 Å². The molecule has 0 bridgehead atoms. The van der Waals surface area contributed by atoms with E-state index in [1.807, 2.05) is 12.1 Å². The maximum absolute atomic E-state index is 11.7. The number of carbonyl (C=O) groups is 1. The van der Waals surface area contributed by atoms with Crippen LogP contribution in [0, 0.1) is 11.3 Å². The van der Waals surface area contributed by atoms with E-state index in [-0.39, 0.29) is 11.7 Å². The summed E-state index contributed by atoms with van der Waals surface area (Å²) in [5.74, 6) is 1.15. The maximum atomic E-state index is 11.7. The lowest BCUT2D eigenvalue weighted by atomic mass is 9.91. The minimum atomic E-state index is 0.0912. The first-order valence-corrected chi connectivity index (χ1v) is 11.3. The molecule has 8 heteroatoms. The lowest BCUT2D eigenvalue weighted by molar-refractivity contribution is -0.116. The Labute approximate surface area is 188 Å². The molecule has 0 spiro atoms. The highest BCUT2D eigenvalue weighted by Gasteiger charge is 2.23. The number of aromatic nitrogens is 1. The molecule has 0 atom stereocenters. The van der Waals surface area contributed by atoms with Gasteiger partial charge in [-0.1, -0.05) is 6.07 Å². The van der Waals surface area contributed by atoms with Crippen LogP contribution in [0.25, 0.3) is 11.0 Å². The molecule has 1 aliphatic heterocycles. The van der Waals surface area contributed by atoms with Crippen LogP contribution in [0.4, 0.5) is 17.2 Å². The molecule has 2 aromatic heterocycles. The Morgan fingerprint density at radius 1 is 1.13 bits per heavy atom. The van der Waals surface area contributed by atoms with Crippen molar-refractivity contribution in [1.29, 1.82) is 5.26 Å². The van der Waals surface area contributed by atoms with Gasteiger partial charge in [-0.2, -0.15) is 5.26 Å². The Morgan fingerprint density at radius 3 is 2.68 bits per heavy atom. The molecular formula is C23H22BrN5O2. The van der Waals surface area contributed by atoms with Gasteiger partial charge in [-0.05, 0) is 65.7 Å². The van der Waals surface area contributed by atoms with Gasteiger partial charge in [-0.3, -0.25) is 4.79 Å². The van der Waals surface area contributed by atoms with E-state index in [0.29, 0.717) is 24.1 Å². The highest BCUT2D eigenvalue weighted by molar-refractivity contribution is 9.10. The lowest BCUT2D eigenvalue weighted by Gasteiger charge is -2.31. The summed E-state index contributed by atoms with van der Waals surface area (Å²) < 4.78 is 6.27. The summed E-state index contributed by atoms with van der Waals surface area (Å²) in [6.07, 6.45) is 7.18. The zero-order chi connectivity index (χ0) is 21.4. The topological polar surface area (TPSA) is 103 Å². The Kier molecular flexibility index (Phi) is 5.28. The van der Waals surface area contributed by atoms with Gasteiger partial charge in [0.25, 0.3) is 0 Å². The fourth-order valence-electron chi connectivity index (χ4n) is 4.41. The smallest absolute Gasteiger partial charge is 0.224 e. The monoisotopic (exact) mass is 479 g/mol. The third-order valence-electron chi connectivity index (χ3n) is 6.07. The van der Waals surface area contributed by atoms with Gasteiger partial charge in [0.15, 0.2) is 5.58 Å². The fraction of sp³-hybridized carbons (Fsp3) is 0.348. The minimum Gasteiger partial charge on any atom is -0.444 e. The van der Waals surface area contributed by atoms with Crippen molar-refractivity contribution in [2.75, 3.05) is 16.0 Å². The quantitative estimate of drug-likeness (QED) is 0.476. The number of nitriles is 1. The molecule has 1 aliphatic carbocycles. The fourth-order valence-corrected chi connectivity index (χ4v) is 4.94. The number of hydrogen-bond donors (Lipinski definition) is 3. The van der Waals surface area contributed by atoms with Crippen LogP contribution in [-0.4, -0.2) is 23.0 Å². The van der Waals surface area contributed by atoms with E-state index in [2.05, 4.69) is 49.0 Å². The van der Waals surface area contributed by atoms with Gasteiger partial charge in [0, 0.05) is 41.3 Å². The van der Waals surface area contributed by atoms with Crippen molar-refractivity contribution in [2.45, 2.75) is 50.6 Å². The van der Waals surface area contributed by atoms with Gasteiger partial charge >= 0.3 is 0 Å². The largest absolute Gasteiger partial charge is 0.444 e. The van der Waals surface area contributed by atoms with Crippen molar-refractivity contribution >= 4 is 50.0 Å². The summed E-state index contributed by atoms with van der Waals surface area (Å²) in [7, 11) is 0. The first-order valence-electron chi connectivity index (χ1n) is 10.5. The zero-order valence-electron chi connectivity index (χ0n) is 16.9. The van der Waals surface area contributed by atoms with Gasteiger partial charge in [0.05, 0.1) is 10.7 Å². The van der Waals surface area contributed by atoms with Crippen molar-refractivity contribution in [3.63, 3.8) is 0 Å². The summed E-state index contributed by atoms with van der Waals surface area (Å²) in [6, 6.07) is 10.8. The normalized spacial score (nSPS) is 20.6. The molecule has 2 aliphatic rings. The first kappa shape index (κ1) is 19.9. The number of anilines is 3. The Hall–Kier alpha value is -3.05. The molecule has 1 aromatic carbocycles. The van der Waals surface area contributed by atoms with Gasteiger partial charge < -0.3 is 20.4 Å². The number of rotatable bonds is 4. The molecule has 158 valence electrons. The molecule has 31 heavy (non-hydrogen) atoms. The summed E-state index contributed by atoms with van der Waals surface area (Å²) >= 11 is 3.60. The van der Waals surface area contributed by atoms with E-state index < -0.39 is 0 Å².